The van der Waals surface area contributed by atoms with Gasteiger partial charge in [0.15, 0.2) is 11.5 Å². The van der Waals surface area contributed by atoms with Crippen molar-refractivity contribution in [2.24, 2.45) is 0 Å². The zero-order chi connectivity index (χ0) is 14.7. The lowest BCUT2D eigenvalue weighted by Gasteiger charge is -2.10. The van der Waals surface area contributed by atoms with Crippen LogP contribution in [0.25, 0.3) is 0 Å². The van der Waals surface area contributed by atoms with E-state index in [2.05, 4.69) is 0 Å². The summed E-state index contributed by atoms with van der Waals surface area (Å²) >= 11 is 0. The number of ether oxygens (including phenoxy) is 4. The predicted octanol–water partition coefficient (Wildman–Crippen LogP) is 2.78. The average molecular weight is 286 g/mol. The Bertz CT molecular complexity index is 665. The van der Waals surface area contributed by atoms with Crippen LogP contribution in [0.4, 0.5) is 0 Å². The van der Waals surface area contributed by atoms with E-state index in [4.69, 9.17) is 18.9 Å². The summed E-state index contributed by atoms with van der Waals surface area (Å²) in [5.74, 6) is 1.50. The standard InChI is InChI=1S/C16H14O5/c1-18-16(17)12-4-2-3-5-13(12)19-9-11-6-7-14-15(8-11)21-10-20-14/h2-8H,9-10H2,1H3. The number of para-hydroxylation sites is 1. The molecule has 0 amide bonds. The van der Waals surface area contributed by atoms with Gasteiger partial charge in [-0.2, -0.15) is 0 Å². The van der Waals surface area contributed by atoms with Crippen LogP contribution in [-0.2, 0) is 11.3 Å². The Labute approximate surface area is 122 Å². The van der Waals surface area contributed by atoms with Crippen LogP contribution in [0.2, 0.25) is 0 Å². The molecule has 2 aromatic carbocycles. The highest BCUT2D eigenvalue weighted by molar-refractivity contribution is 5.92. The van der Waals surface area contributed by atoms with E-state index in [1.807, 2.05) is 18.2 Å². The minimum Gasteiger partial charge on any atom is -0.488 e. The molecule has 1 heterocycles. The van der Waals surface area contributed by atoms with Gasteiger partial charge in [-0.3, -0.25) is 0 Å². The number of esters is 1. The minimum atomic E-state index is -0.420. The molecule has 0 bridgehead atoms. The Morgan fingerprint density at radius 2 is 1.95 bits per heavy atom. The topological polar surface area (TPSA) is 54.0 Å². The maximum atomic E-state index is 11.7. The van der Waals surface area contributed by atoms with Crippen LogP contribution in [-0.4, -0.2) is 19.9 Å². The van der Waals surface area contributed by atoms with Crippen molar-refractivity contribution in [2.45, 2.75) is 6.61 Å². The molecule has 0 unspecified atom stereocenters. The average Bonchev–Trinajstić information content (AvgIpc) is 3.00. The molecular formula is C16H14O5. The quantitative estimate of drug-likeness (QED) is 0.809. The maximum absolute atomic E-state index is 11.7. The number of benzene rings is 2. The summed E-state index contributed by atoms with van der Waals surface area (Å²) in [6.07, 6.45) is 0. The Morgan fingerprint density at radius 1 is 1.14 bits per heavy atom. The molecule has 2 aromatic rings. The molecule has 3 rings (SSSR count). The van der Waals surface area contributed by atoms with Crippen LogP contribution in [0.15, 0.2) is 42.5 Å². The second-order valence-electron chi connectivity index (χ2n) is 4.46. The van der Waals surface area contributed by atoms with Crippen LogP contribution in [0.1, 0.15) is 15.9 Å². The summed E-state index contributed by atoms with van der Waals surface area (Å²) in [6.45, 7) is 0.565. The summed E-state index contributed by atoms with van der Waals surface area (Å²) in [6, 6.07) is 12.6. The van der Waals surface area contributed by atoms with Crippen LogP contribution in [0.5, 0.6) is 17.2 Å². The number of rotatable bonds is 4. The van der Waals surface area contributed by atoms with Gasteiger partial charge in [0.2, 0.25) is 6.79 Å². The highest BCUT2D eigenvalue weighted by Crippen LogP contribution is 2.33. The third-order valence-electron chi connectivity index (χ3n) is 3.12. The summed E-state index contributed by atoms with van der Waals surface area (Å²) < 4.78 is 21.0. The fraction of sp³-hybridized carbons (Fsp3) is 0.188. The first-order valence-corrected chi connectivity index (χ1v) is 6.46. The van der Waals surface area contributed by atoms with E-state index in [9.17, 15) is 4.79 Å². The molecule has 0 saturated heterocycles. The van der Waals surface area contributed by atoms with E-state index in [0.29, 0.717) is 23.7 Å². The van der Waals surface area contributed by atoms with E-state index in [0.717, 1.165) is 11.3 Å². The van der Waals surface area contributed by atoms with Crippen molar-refractivity contribution >= 4 is 5.97 Å². The summed E-state index contributed by atoms with van der Waals surface area (Å²) in [5.41, 5.74) is 1.33. The minimum absolute atomic E-state index is 0.241. The first-order chi connectivity index (χ1) is 10.3. The van der Waals surface area contributed by atoms with Gasteiger partial charge in [0.1, 0.15) is 17.9 Å². The third-order valence-corrected chi connectivity index (χ3v) is 3.12. The third kappa shape index (κ3) is 2.76. The zero-order valence-electron chi connectivity index (χ0n) is 11.5. The molecular weight excluding hydrogens is 272 g/mol. The number of carbonyl (C=O) groups excluding carboxylic acids is 1. The molecule has 0 aliphatic carbocycles. The number of hydrogen-bond acceptors (Lipinski definition) is 5. The molecule has 0 aromatic heterocycles. The van der Waals surface area contributed by atoms with Crippen molar-refractivity contribution in [3.05, 3.63) is 53.6 Å². The van der Waals surface area contributed by atoms with Crippen LogP contribution in [0.3, 0.4) is 0 Å². The molecule has 1 aliphatic heterocycles. The van der Waals surface area contributed by atoms with E-state index < -0.39 is 5.97 Å². The van der Waals surface area contributed by atoms with Gasteiger partial charge in [-0.25, -0.2) is 4.79 Å². The van der Waals surface area contributed by atoms with Crippen LogP contribution >= 0.6 is 0 Å². The molecule has 0 atom stereocenters. The normalized spacial score (nSPS) is 12.0. The fourth-order valence-corrected chi connectivity index (χ4v) is 2.06. The lowest BCUT2D eigenvalue weighted by molar-refractivity contribution is 0.0595. The Morgan fingerprint density at radius 3 is 2.81 bits per heavy atom. The van der Waals surface area contributed by atoms with Gasteiger partial charge < -0.3 is 18.9 Å². The molecule has 0 saturated carbocycles. The second kappa shape index (κ2) is 5.75. The fourth-order valence-electron chi connectivity index (χ4n) is 2.06. The van der Waals surface area contributed by atoms with Gasteiger partial charge in [-0.15, -0.1) is 0 Å². The molecule has 5 nitrogen and oxygen atoms in total. The van der Waals surface area contributed by atoms with Gasteiger partial charge in [0, 0.05) is 0 Å². The predicted molar refractivity (Wildman–Crippen MR) is 74.7 cm³/mol. The number of fused-ring (bicyclic) bond motifs is 1. The number of carbonyl (C=O) groups is 1. The summed E-state index contributed by atoms with van der Waals surface area (Å²) in [5, 5.41) is 0. The van der Waals surface area contributed by atoms with Crippen molar-refractivity contribution < 1.29 is 23.7 Å². The first kappa shape index (κ1) is 13.3. The van der Waals surface area contributed by atoms with Crippen LogP contribution in [0, 0.1) is 0 Å². The molecule has 0 radical (unpaired) electrons. The molecule has 1 aliphatic rings. The zero-order valence-corrected chi connectivity index (χ0v) is 11.5. The van der Waals surface area contributed by atoms with E-state index >= 15 is 0 Å². The molecule has 0 fully saturated rings. The number of methoxy groups -OCH3 is 1. The van der Waals surface area contributed by atoms with E-state index in [1.54, 1.807) is 24.3 Å². The lowest BCUT2D eigenvalue weighted by atomic mass is 10.2. The Hall–Kier alpha value is -2.69. The van der Waals surface area contributed by atoms with Crippen molar-refractivity contribution in [3.8, 4) is 17.2 Å². The Kier molecular flexibility index (Phi) is 3.64. The van der Waals surface area contributed by atoms with Crippen LogP contribution < -0.4 is 14.2 Å². The molecule has 0 N–H and O–H groups in total. The highest BCUT2D eigenvalue weighted by atomic mass is 16.7. The van der Waals surface area contributed by atoms with Gasteiger partial charge in [-0.1, -0.05) is 18.2 Å². The lowest BCUT2D eigenvalue weighted by Crippen LogP contribution is -2.05. The summed E-state index contributed by atoms with van der Waals surface area (Å²) in [7, 11) is 1.34. The molecule has 5 heteroatoms. The molecule has 108 valence electrons. The first-order valence-electron chi connectivity index (χ1n) is 6.46. The molecule has 0 spiro atoms. The van der Waals surface area contributed by atoms with Gasteiger partial charge in [-0.05, 0) is 29.8 Å². The van der Waals surface area contributed by atoms with E-state index in [-0.39, 0.29) is 6.79 Å². The SMILES string of the molecule is COC(=O)c1ccccc1OCc1ccc2c(c1)OCO2. The maximum Gasteiger partial charge on any atom is 0.341 e. The highest BCUT2D eigenvalue weighted by Gasteiger charge is 2.15. The van der Waals surface area contributed by atoms with Crippen molar-refractivity contribution in [2.75, 3.05) is 13.9 Å². The molecule has 21 heavy (non-hydrogen) atoms. The van der Waals surface area contributed by atoms with Crippen molar-refractivity contribution in [1.29, 1.82) is 0 Å². The smallest absolute Gasteiger partial charge is 0.341 e. The Balaban J connectivity index is 1.75. The van der Waals surface area contributed by atoms with Crippen molar-refractivity contribution in [3.63, 3.8) is 0 Å². The monoisotopic (exact) mass is 286 g/mol. The second-order valence-corrected chi connectivity index (χ2v) is 4.46. The van der Waals surface area contributed by atoms with Gasteiger partial charge >= 0.3 is 5.97 Å². The van der Waals surface area contributed by atoms with Gasteiger partial charge in [0.25, 0.3) is 0 Å². The van der Waals surface area contributed by atoms with Gasteiger partial charge in [0.05, 0.1) is 7.11 Å². The number of hydrogen-bond donors (Lipinski definition) is 0. The van der Waals surface area contributed by atoms with E-state index in [1.165, 1.54) is 7.11 Å². The van der Waals surface area contributed by atoms with Crippen molar-refractivity contribution in [1.82, 2.24) is 0 Å². The summed E-state index contributed by atoms with van der Waals surface area (Å²) in [4.78, 5) is 11.7. The largest absolute Gasteiger partial charge is 0.488 e.